The first-order valence-corrected chi connectivity index (χ1v) is 6.73. The first-order valence-electron chi connectivity index (χ1n) is 5.94. The zero-order valence-electron chi connectivity index (χ0n) is 10.2. The molecule has 0 aliphatic carbocycles. The van der Waals surface area contributed by atoms with Crippen LogP contribution in [0.2, 0.25) is 5.02 Å². The van der Waals surface area contributed by atoms with Crippen LogP contribution in [-0.4, -0.2) is 23.8 Å². The van der Waals surface area contributed by atoms with Gasteiger partial charge in [-0.05, 0) is 31.9 Å². The largest absolute Gasteiger partial charge is 0.490 e. The lowest BCUT2D eigenvalue weighted by atomic mass is 10.2. The van der Waals surface area contributed by atoms with E-state index in [0.717, 1.165) is 12.8 Å². The van der Waals surface area contributed by atoms with Crippen molar-refractivity contribution in [3.8, 4) is 5.75 Å². The molecule has 1 fully saturated rings. The van der Waals surface area contributed by atoms with Crippen molar-refractivity contribution in [1.29, 1.82) is 0 Å². The van der Waals surface area contributed by atoms with Gasteiger partial charge in [-0.15, -0.1) is 0 Å². The number of rotatable bonds is 4. The maximum Gasteiger partial charge on any atom is 0.131 e. The van der Waals surface area contributed by atoms with Crippen molar-refractivity contribution in [3.05, 3.63) is 28.8 Å². The Bertz CT molecular complexity index is 453. The second-order valence-electron chi connectivity index (χ2n) is 4.43. The maximum atomic E-state index is 6.06. The molecule has 5 heteroatoms. The molecule has 1 heterocycles. The van der Waals surface area contributed by atoms with Crippen LogP contribution < -0.4 is 10.5 Å². The van der Waals surface area contributed by atoms with Gasteiger partial charge in [-0.2, -0.15) is 0 Å². The number of thiocarbonyl (C=S) groups is 1. The van der Waals surface area contributed by atoms with Gasteiger partial charge in [-0.1, -0.05) is 29.9 Å². The van der Waals surface area contributed by atoms with E-state index in [1.54, 1.807) is 6.07 Å². The number of nitrogens with two attached hydrogens (primary N) is 1. The third-order valence-corrected chi connectivity index (χ3v) is 3.49. The highest BCUT2D eigenvalue weighted by Crippen LogP contribution is 2.27. The quantitative estimate of drug-likeness (QED) is 0.864. The van der Waals surface area contributed by atoms with Gasteiger partial charge < -0.3 is 15.2 Å². The lowest BCUT2D eigenvalue weighted by molar-refractivity contribution is 0.0264. The van der Waals surface area contributed by atoms with Gasteiger partial charge in [0.25, 0.3) is 0 Å². The molecule has 98 valence electrons. The van der Waals surface area contributed by atoms with E-state index in [1.165, 1.54) is 0 Å². The van der Waals surface area contributed by atoms with E-state index in [2.05, 4.69) is 6.92 Å². The number of ether oxygens (including phenoxy) is 2. The molecule has 2 N–H and O–H groups in total. The average Bonchev–Trinajstić information content (AvgIpc) is 2.72. The van der Waals surface area contributed by atoms with Gasteiger partial charge in [0.1, 0.15) is 17.3 Å². The minimum Gasteiger partial charge on any atom is -0.490 e. The number of hydrogen-bond donors (Lipinski definition) is 1. The van der Waals surface area contributed by atoms with E-state index in [9.17, 15) is 0 Å². The highest BCUT2D eigenvalue weighted by molar-refractivity contribution is 7.80. The van der Waals surface area contributed by atoms with Crippen LogP contribution in [0, 0.1) is 0 Å². The normalized spacial score (nSPS) is 23.0. The van der Waals surface area contributed by atoms with Crippen LogP contribution in [0.15, 0.2) is 18.2 Å². The van der Waals surface area contributed by atoms with Crippen molar-refractivity contribution in [1.82, 2.24) is 0 Å². The van der Waals surface area contributed by atoms with Gasteiger partial charge in [-0.3, -0.25) is 0 Å². The molecular formula is C13H16ClNO2S. The topological polar surface area (TPSA) is 44.5 Å². The van der Waals surface area contributed by atoms with Crippen LogP contribution >= 0.6 is 23.8 Å². The Morgan fingerprint density at radius 1 is 1.56 bits per heavy atom. The van der Waals surface area contributed by atoms with Gasteiger partial charge in [0.05, 0.1) is 22.8 Å². The summed E-state index contributed by atoms with van der Waals surface area (Å²) < 4.78 is 11.4. The second-order valence-corrected chi connectivity index (χ2v) is 5.28. The predicted molar refractivity (Wildman–Crippen MR) is 76.4 cm³/mol. The highest BCUT2D eigenvalue weighted by atomic mass is 35.5. The van der Waals surface area contributed by atoms with Gasteiger partial charge in [0, 0.05) is 0 Å². The Morgan fingerprint density at radius 3 is 2.94 bits per heavy atom. The summed E-state index contributed by atoms with van der Waals surface area (Å²) in [7, 11) is 0. The molecule has 1 aliphatic rings. The molecular weight excluding hydrogens is 270 g/mol. The molecule has 0 spiro atoms. The van der Waals surface area contributed by atoms with Gasteiger partial charge in [-0.25, -0.2) is 0 Å². The smallest absolute Gasteiger partial charge is 0.131 e. The van der Waals surface area contributed by atoms with E-state index in [4.69, 9.17) is 39.0 Å². The molecule has 1 aromatic carbocycles. The minimum absolute atomic E-state index is 0.137. The molecule has 18 heavy (non-hydrogen) atoms. The SMILES string of the molecule is CC1CCC(COc2cccc(Cl)c2C(N)=S)O1. The van der Waals surface area contributed by atoms with Gasteiger partial charge >= 0.3 is 0 Å². The molecule has 2 rings (SSSR count). The Balaban J connectivity index is 2.05. The van der Waals surface area contributed by atoms with E-state index in [-0.39, 0.29) is 11.1 Å². The van der Waals surface area contributed by atoms with Crippen molar-refractivity contribution in [2.45, 2.75) is 32.0 Å². The molecule has 2 unspecified atom stereocenters. The van der Waals surface area contributed by atoms with Crippen LogP contribution in [0.5, 0.6) is 5.75 Å². The van der Waals surface area contributed by atoms with E-state index in [0.29, 0.717) is 29.0 Å². The Labute approximate surface area is 117 Å². The molecule has 0 amide bonds. The maximum absolute atomic E-state index is 6.06. The molecule has 3 nitrogen and oxygen atoms in total. The van der Waals surface area contributed by atoms with Crippen molar-refractivity contribution in [2.75, 3.05) is 6.61 Å². The Hall–Kier alpha value is -0.840. The number of benzene rings is 1. The second kappa shape index (κ2) is 5.87. The molecule has 1 aromatic rings. The third kappa shape index (κ3) is 3.13. The molecule has 0 bridgehead atoms. The number of halogens is 1. The fourth-order valence-corrected chi connectivity index (χ4v) is 2.59. The summed E-state index contributed by atoms with van der Waals surface area (Å²) in [4.78, 5) is 0.247. The first kappa shape index (κ1) is 13.6. The summed E-state index contributed by atoms with van der Waals surface area (Å²) in [6.07, 6.45) is 2.54. The van der Waals surface area contributed by atoms with Crippen LogP contribution in [-0.2, 0) is 4.74 Å². The van der Waals surface area contributed by atoms with Crippen molar-refractivity contribution in [3.63, 3.8) is 0 Å². The molecule has 0 saturated carbocycles. The average molecular weight is 286 g/mol. The Morgan fingerprint density at radius 2 is 2.33 bits per heavy atom. The predicted octanol–water partition coefficient (Wildman–Crippen LogP) is 2.92. The van der Waals surface area contributed by atoms with Crippen LogP contribution in [0.25, 0.3) is 0 Å². The highest BCUT2D eigenvalue weighted by Gasteiger charge is 2.23. The molecule has 1 saturated heterocycles. The lowest BCUT2D eigenvalue weighted by Crippen LogP contribution is -2.20. The van der Waals surface area contributed by atoms with Gasteiger partial charge in [0.2, 0.25) is 0 Å². The lowest BCUT2D eigenvalue weighted by Gasteiger charge is -2.15. The molecule has 0 radical (unpaired) electrons. The van der Waals surface area contributed by atoms with E-state index >= 15 is 0 Å². The standard InChI is InChI=1S/C13H16ClNO2S/c1-8-5-6-9(17-8)7-16-11-4-2-3-10(14)12(11)13(15)18/h2-4,8-9H,5-7H2,1H3,(H2,15,18). The summed E-state index contributed by atoms with van der Waals surface area (Å²) in [5, 5.41) is 0.515. The van der Waals surface area contributed by atoms with E-state index < -0.39 is 0 Å². The summed E-state index contributed by atoms with van der Waals surface area (Å²) in [6, 6.07) is 5.38. The summed E-state index contributed by atoms with van der Waals surface area (Å²) >= 11 is 11.1. The van der Waals surface area contributed by atoms with E-state index in [1.807, 2.05) is 12.1 Å². The Kier molecular flexibility index (Phi) is 4.43. The minimum atomic E-state index is 0.137. The van der Waals surface area contributed by atoms with Crippen molar-refractivity contribution < 1.29 is 9.47 Å². The summed E-state index contributed by atoms with van der Waals surface area (Å²) in [5.41, 5.74) is 6.25. The van der Waals surface area contributed by atoms with Crippen LogP contribution in [0.4, 0.5) is 0 Å². The molecule has 0 aromatic heterocycles. The van der Waals surface area contributed by atoms with Crippen LogP contribution in [0.1, 0.15) is 25.3 Å². The van der Waals surface area contributed by atoms with Gasteiger partial charge in [0.15, 0.2) is 0 Å². The summed E-state index contributed by atoms with van der Waals surface area (Å²) in [5.74, 6) is 0.623. The summed E-state index contributed by atoms with van der Waals surface area (Å²) in [6.45, 7) is 2.57. The van der Waals surface area contributed by atoms with Crippen LogP contribution in [0.3, 0.4) is 0 Å². The van der Waals surface area contributed by atoms with Crippen molar-refractivity contribution in [2.24, 2.45) is 5.73 Å². The monoisotopic (exact) mass is 285 g/mol. The first-order chi connectivity index (χ1) is 8.58. The molecule has 2 atom stereocenters. The zero-order chi connectivity index (χ0) is 13.1. The fraction of sp³-hybridized carbons (Fsp3) is 0.462. The third-order valence-electron chi connectivity index (χ3n) is 2.97. The zero-order valence-corrected chi connectivity index (χ0v) is 11.8. The van der Waals surface area contributed by atoms with Crippen molar-refractivity contribution >= 4 is 28.8 Å². The number of hydrogen-bond acceptors (Lipinski definition) is 3. The molecule has 1 aliphatic heterocycles. The fourth-order valence-electron chi connectivity index (χ4n) is 2.05.